The van der Waals surface area contributed by atoms with Gasteiger partial charge in [0.1, 0.15) is 5.76 Å². The van der Waals surface area contributed by atoms with Crippen LogP contribution >= 0.6 is 15.9 Å². The van der Waals surface area contributed by atoms with Gasteiger partial charge in [0.15, 0.2) is 4.67 Å². The Labute approximate surface area is 117 Å². The Balaban J connectivity index is 2.09. The van der Waals surface area contributed by atoms with Crippen molar-refractivity contribution in [1.82, 2.24) is 4.90 Å². The summed E-state index contributed by atoms with van der Waals surface area (Å²) in [6.07, 6.45) is 1.42. The standard InChI is InChI=1S/C13H21BrN2O2/c1-9-5-6-16(8-12(9)17-2)10(7-15)11-3-4-13(14)18-11/h3-4,9-10,12H,5-8,15H2,1-2H3. The molecule has 4 nitrogen and oxygen atoms in total. The lowest BCUT2D eigenvalue weighted by molar-refractivity contribution is -0.0211. The molecule has 1 aromatic rings. The quantitative estimate of drug-likeness (QED) is 0.926. The molecule has 1 fully saturated rings. The van der Waals surface area contributed by atoms with Crippen LogP contribution in [-0.2, 0) is 4.74 Å². The predicted octanol–water partition coefficient (Wildman–Crippen LogP) is 2.40. The van der Waals surface area contributed by atoms with E-state index in [0.717, 1.165) is 29.9 Å². The van der Waals surface area contributed by atoms with Crippen LogP contribution in [0.25, 0.3) is 0 Å². The molecule has 2 N–H and O–H groups in total. The minimum Gasteiger partial charge on any atom is -0.453 e. The molecule has 0 bridgehead atoms. The molecule has 3 unspecified atom stereocenters. The fourth-order valence-corrected chi connectivity index (χ4v) is 2.92. The van der Waals surface area contributed by atoms with Gasteiger partial charge in [-0.25, -0.2) is 0 Å². The molecule has 18 heavy (non-hydrogen) atoms. The third-order valence-corrected chi connectivity index (χ3v) is 4.24. The van der Waals surface area contributed by atoms with Crippen LogP contribution < -0.4 is 5.73 Å². The van der Waals surface area contributed by atoms with Crippen molar-refractivity contribution in [2.75, 3.05) is 26.7 Å². The number of hydrogen-bond acceptors (Lipinski definition) is 4. The van der Waals surface area contributed by atoms with Gasteiger partial charge >= 0.3 is 0 Å². The smallest absolute Gasteiger partial charge is 0.169 e. The highest BCUT2D eigenvalue weighted by molar-refractivity contribution is 9.10. The van der Waals surface area contributed by atoms with Crippen molar-refractivity contribution in [3.05, 3.63) is 22.6 Å². The zero-order valence-electron chi connectivity index (χ0n) is 10.9. The molecule has 5 heteroatoms. The van der Waals surface area contributed by atoms with E-state index in [1.54, 1.807) is 7.11 Å². The summed E-state index contributed by atoms with van der Waals surface area (Å²) in [5, 5.41) is 0. The Hall–Kier alpha value is -0.360. The summed E-state index contributed by atoms with van der Waals surface area (Å²) < 4.78 is 11.9. The van der Waals surface area contributed by atoms with Crippen molar-refractivity contribution in [2.45, 2.75) is 25.5 Å². The summed E-state index contributed by atoms with van der Waals surface area (Å²) in [5.74, 6) is 1.53. The zero-order chi connectivity index (χ0) is 13.1. The van der Waals surface area contributed by atoms with Gasteiger partial charge in [-0.2, -0.15) is 0 Å². The molecule has 0 amide bonds. The lowest BCUT2D eigenvalue weighted by atomic mass is 9.94. The maximum atomic E-state index is 5.91. The number of halogens is 1. The maximum Gasteiger partial charge on any atom is 0.169 e. The van der Waals surface area contributed by atoms with E-state index in [-0.39, 0.29) is 12.1 Å². The van der Waals surface area contributed by atoms with Gasteiger partial charge in [-0.15, -0.1) is 0 Å². The summed E-state index contributed by atoms with van der Waals surface area (Å²) in [5.41, 5.74) is 5.91. The molecule has 0 aliphatic carbocycles. The van der Waals surface area contributed by atoms with Gasteiger partial charge in [0.25, 0.3) is 0 Å². The predicted molar refractivity (Wildman–Crippen MR) is 74.4 cm³/mol. The first-order chi connectivity index (χ1) is 8.65. The van der Waals surface area contributed by atoms with E-state index in [1.165, 1.54) is 0 Å². The Morgan fingerprint density at radius 2 is 2.39 bits per heavy atom. The number of hydrogen-bond donors (Lipinski definition) is 1. The highest BCUT2D eigenvalue weighted by atomic mass is 79.9. The van der Waals surface area contributed by atoms with Gasteiger partial charge < -0.3 is 14.9 Å². The van der Waals surface area contributed by atoms with E-state index in [0.29, 0.717) is 12.5 Å². The second-order valence-electron chi connectivity index (χ2n) is 4.93. The molecule has 102 valence electrons. The number of methoxy groups -OCH3 is 1. The number of nitrogens with two attached hydrogens (primary N) is 1. The van der Waals surface area contributed by atoms with Crippen molar-refractivity contribution in [3.8, 4) is 0 Å². The van der Waals surface area contributed by atoms with Crippen LogP contribution in [0.4, 0.5) is 0 Å². The largest absolute Gasteiger partial charge is 0.453 e. The van der Waals surface area contributed by atoms with Crippen molar-refractivity contribution < 1.29 is 9.15 Å². The van der Waals surface area contributed by atoms with Crippen LogP contribution in [0.3, 0.4) is 0 Å². The summed E-state index contributed by atoms with van der Waals surface area (Å²) in [6.45, 7) is 4.76. The van der Waals surface area contributed by atoms with E-state index in [4.69, 9.17) is 14.9 Å². The molecular weight excluding hydrogens is 296 g/mol. The zero-order valence-corrected chi connectivity index (χ0v) is 12.5. The molecule has 1 aromatic heterocycles. The number of ether oxygens (including phenoxy) is 1. The van der Waals surface area contributed by atoms with Gasteiger partial charge in [0.2, 0.25) is 0 Å². The topological polar surface area (TPSA) is 51.6 Å². The fraction of sp³-hybridized carbons (Fsp3) is 0.692. The normalized spacial score (nSPS) is 27.3. The molecule has 0 radical (unpaired) electrons. The number of furan rings is 1. The van der Waals surface area contributed by atoms with Crippen LogP contribution in [0.15, 0.2) is 21.2 Å². The molecular formula is C13H21BrN2O2. The van der Waals surface area contributed by atoms with Crippen molar-refractivity contribution in [3.63, 3.8) is 0 Å². The summed E-state index contributed by atoms with van der Waals surface area (Å²) in [7, 11) is 1.78. The molecule has 2 heterocycles. The fourth-order valence-electron chi connectivity index (χ4n) is 2.60. The molecule has 0 aromatic carbocycles. The molecule has 3 atom stereocenters. The van der Waals surface area contributed by atoms with Gasteiger partial charge in [-0.3, -0.25) is 4.90 Å². The van der Waals surface area contributed by atoms with Crippen LogP contribution in [0.2, 0.25) is 0 Å². The number of nitrogens with zero attached hydrogens (tertiary/aromatic N) is 1. The Morgan fingerprint density at radius 3 is 2.94 bits per heavy atom. The van der Waals surface area contributed by atoms with E-state index < -0.39 is 0 Å². The number of rotatable bonds is 4. The molecule has 2 rings (SSSR count). The average molecular weight is 317 g/mol. The third-order valence-electron chi connectivity index (χ3n) is 3.81. The summed E-state index contributed by atoms with van der Waals surface area (Å²) >= 11 is 3.34. The maximum absolute atomic E-state index is 5.91. The highest BCUT2D eigenvalue weighted by Crippen LogP contribution is 2.29. The van der Waals surface area contributed by atoms with Crippen molar-refractivity contribution in [1.29, 1.82) is 0 Å². The van der Waals surface area contributed by atoms with Gasteiger partial charge in [0, 0.05) is 20.2 Å². The first-order valence-electron chi connectivity index (χ1n) is 6.37. The highest BCUT2D eigenvalue weighted by Gasteiger charge is 2.31. The first-order valence-corrected chi connectivity index (χ1v) is 7.17. The molecule has 0 spiro atoms. The second kappa shape index (κ2) is 6.19. The summed E-state index contributed by atoms with van der Waals surface area (Å²) in [6, 6.07) is 4.04. The Kier molecular flexibility index (Phi) is 4.84. The average Bonchev–Trinajstić information content (AvgIpc) is 2.79. The first kappa shape index (κ1) is 14.1. The van der Waals surface area contributed by atoms with Crippen LogP contribution in [-0.4, -0.2) is 37.7 Å². The van der Waals surface area contributed by atoms with Gasteiger partial charge in [0.05, 0.1) is 12.1 Å². The Morgan fingerprint density at radius 1 is 1.61 bits per heavy atom. The minimum atomic E-state index is 0.140. The number of likely N-dealkylation sites (tertiary alicyclic amines) is 1. The Bertz CT molecular complexity index is 383. The van der Waals surface area contributed by atoms with E-state index >= 15 is 0 Å². The second-order valence-corrected chi connectivity index (χ2v) is 5.71. The van der Waals surface area contributed by atoms with Crippen molar-refractivity contribution in [2.24, 2.45) is 11.7 Å². The van der Waals surface area contributed by atoms with Crippen LogP contribution in [0, 0.1) is 5.92 Å². The number of piperidine rings is 1. The SMILES string of the molecule is COC1CN(C(CN)c2ccc(Br)o2)CCC1C. The molecule has 1 saturated heterocycles. The van der Waals surface area contributed by atoms with Crippen LogP contribution in [0.1, 0.15) is 25.1 Å². The molecule has 1 aliphatic heterocycles. The molecule has 1 aliphatic rings. The monoisotopic (exact) mass is 316 g/mol. The van der Waals surface area contributed by atoms with Crippen molar-refractivity contribution >= 4 is 15.9 Å². The van der Waals surface area contributed by atoms with E-state index in [2.05, 4.69) is 27.8 Å². The summed E-state index contributed by atoms with van der Waals surface area (Å²) in [4.78, 5) is 2.36. The van der Waals surface area contributed by atoms with E-state index in [1.807, 2.05) is 12.1 Å². The van der Waals surface area contributed by atoms with E-state index in [9.17, 15) is 0 Å². The lowest BCUT2D eigenvalue weighted by Crippen LogP contribution is -2.47. The lowest BCUT2D eigenvalue weighted by Gasteiger charge is -2.39. The molecule has 0 saturated carbocycles. The van der Waals surface area contributed by atoms with Gasteiger partial charge in [-0.05, 0) is 46.9 Å². The minimum absolute atomic E-state index is 0.140. The van der Waals surface area contributed by atoms with Crippen LogP contribution in [0.5, 0.6) is 0 Å². The third kappa shape index (κ3) is 2.96. The van der Waals surface area contributed by atoms with Gasteiger partial charge in [-0.1, -0.05) is 6.92 Å².